The fourth-order valence-electron chi connectivity index (χ4n) is 7.40. The van der Waals surface area contributed by atoms with Crippen molar-refractivity contribution in [3.8, 4) is 0 Å². The van der Waals surface area contributed by atoms with Crippen molar-refractivity contribution in [2.24, 2.45) is 11.8 Å². The Labute approximate surface area is 369 Å². The minimum absolute atomic E-state index is 0.00508. The van der Waals surface area contributed by atoms with Gasteiger partial charge in [0.25, 0.3) is 5.56 Å². The Hall–Kier alpha value is -5.06. The molecule has 4 rings (SSSR count). The van der Waals surface area contributed by atoms with Gasteiger partial charge in [0.05, 0.1) is 26.0 Å². The highest BCUT2D eigenvalue weighted by atomic mass is 19.1. The lowest BCUT2D eigenvalue weighted by Gasteiger charge is -2.23. The summed E-state index contributed by atoms with van der Waals surface area (Å²) in [7, 11) is 0. The molecule has 17 heteroatoms. The summed E-state index contributed by atoms with van der Waals surface area (Å²) in [5.41, 5.74) is 6.05. The second-order valence-corrected chi connectivity index (χ2v) is 16.8. The molecule has 1 fully saturated rings. The number of alkyl halides is 1. The van der Waals surface area contributed by atoms with Crippen molar-refractivity contribution in [2.45, 2.75) is 167 Å². The average Bonchev–Trinajstić information content (AvgIpc) is 3.86. The zero-order chi connectivity index (χ0) is 45.4. The van der Waals surface area contributed by atoms with E-state index in [0.717, 1.165) is 24.8 Å². The summed E-state index contributed by atoms with van der Waals surface area (Å²) >= 11 is 0. The molecule has 0 aliphatic carbocycles. The molecule has 350 valence electrons. The Morgan fingerprint density at radius 2 is 1.49 bits per heavy atom. The largest absolute Gasteiger partial charge is 0.465 e. The van der Waals surface area contributed by atoms with Crippen LogP contribution in [0.4, 0.5) is 15.1 Å². The lowest BCUT2D eigenvalue weighted by atomic mass is 10.0. The van der Waals surface area contributed by atoms with Gasteiger partial charge < -0.3 is 34.7 Å². The molecule has 0 bridgehead atoms. The number of alkyl carbamates (subject to hydrolysis) is 1. The van der Waals surface area contributed by atoms with Gasteiger partial charge in [0, 0.05) is 18.8 Å². The second kappa shape index (κ2) is 27.9. The molecular weight excluding hydrogens is 816 g/mol. The summed E-state index contributed by atoms with van der Waals surface area (Å²) in [6, 6.07) is 8.00. The van der Waals surface area contributed by atoms with Crippen molar-refractivity contribution in [1.29, 1.82) is 0 Å². The van der Waals surface area contributed by atoms with Crippen LogP contribution in [0.2, 0.25) is 0 Å². The predicted octanol–water partition coefficient (Wildman–Crippen LogP) is 8.18. The summed E-state index contributed by atoms with van der Waals surface area (Å²) in [6.07, 6.45) is 14.8. The molecule has 3 aromatic rings. The fourth-order valence-corrected chi connectivity index (χ4v) is 7.40. The number of carbonyl (C=O) groups excluding carboxylic acids is 4. The van der Waals surface area contributed by atoms with E-state index in [9.17, 15) is 24.0 Å². The van der Waals surface area contributed by atoms with Crippen molar-refractivity contribution in [3.05, 3.63) is 52.6 Å². The number of nitrogens with two attached hydrogens (primary N) is 1. The number of ether oxygens (including phenoxy) is 5. The maximum absolute atomic E-state index is 15.2. The molecule has 1 unspecified atom stereocenters. The van der Waals surface area contributed by atoms with Crippen molar-refractivity contribution in [1.82, 2.24) is 24.8 Å². The number of imidazole rings is 1. The van der Waals surface area contributed by atoms with Crippen LogP contribution in [0, 0.1) is 11.8 Å². The molecule has 1 aliphatic rings. The minimum Gasteiger partial charge on any atom is -0.465 e. The number of nitrogens with zero attached hydrogens (tertiary/aromatic N) is 3. The summed E-state index contributed by atoms with van der Waals surface area (Å²) in [5.74, 6) is -3.28. The summed E-state index contributed by atoms with van der Waals surface area (Å²) in [4.78, 5) is 74.5. The van der Waals surface area contributed by atoms with Crippen LogP contribution in [0.5, 0.6) is 0 Å². The van der Waals surface area contributed by atoms with Gasteiger partial charge in [-0.15, -0.1) is 0 Å². The number of H-pyrrole nitrogens is 1. The molecular formula is C46H69FN6O10. The number of nitrogen functional groups attached to an aromatic ring is 1. The van der Waals surface area contributed by atoms with Crippen molar-refractivity contribution in [2.75, 3.05) is 25.6 Å². The molecule has 63 heavy (non-hydrogen) atoms. The Bertz CT molecular complexity index is 1890. The molecule has 3 heterocycles. The van der Waals surface area contributed by atoms with Gasteiger partial charge in [0.2, 0.25) is 5.95 Å². The fraction of sp³-hybridized carbons (Fsp3) is 0.674. The van der Waals surface area contributed by atoms with Crippen molar-refractivity contribution < 1.29 is 47.3 Å². The molecule has 1 aliphatic heterocycles. The molecule has 4 N–H and O–H groups in total. The van der Waals surface area contributed by atoms with Gasteiger partial charge in [-0.2, -0.15) is 4.98 Å². The number of halogens is 1. The highest BCUT2D eigenvalue weighted by Gasteiger charge is 2.38. The number of esters is 3. The van der Waals surface area contributed by atoms with Gasteiger partial charge in [-0.1, -0.05) is 141 Å². The first kappa shape index (κ1) is 50.6. The third kappa shape index (κ3) is 18.3. The number of amides is 1. The maximum atomic E-state index is 15.2. The molecule has 1 aromatic carbocycles. The van der Waals surface area contributed by atoms with E-state index in [4.69, 9.17) is 29.4 Å². The zero-order valence-corrected chi connectivity index (χ0v) is 37.4. The third-order valence-electron chi connectivity index (χ3n) is 11.1. The van der Waals surface area contributed by atoms with Gasteiger partial charge >= 0.3 is 24.0 Å². The zero-order valence-electron chi connectivity index (χ0n) is 37.4. The van der Waals surface area contributed by atoms with Gasteiger partial charge in [0.1, 0.15) is 37.8 Å². The highest BCUT2D eigenvalue weighted by molar-refractivity contribution is 5.81. The average molecular weight is 885 g/mol. The minimum atomic E-state index is -1.53. The summed E-state index contributed by atoms with van der Waals surface area (Å²) in [5, 5.41) is 2.55. The number of fused-ring (bicyclic) bond motifs is 1. The predicted molar refractivity (Wildman–Crippen MR) is 235 cm³/mol. The number of carbonyl (C=O) groups is 4. The Morgan fingerprint density at radius 1 is 0.873 bits per heavy atom. The number of rotatable bonds is 30. The van der Waals surface area contributed by atoms with E-state index < -0.39 is 66.6 Å². The van der Waals surface area contributed by atoms with E-state index >= 15 is 4.39 Å². The van der Waals surface area contributed by atoms with E-state index in [0.29, 0.717) is 6.42 Å². The normalized spacial score (nSPS) is 17.1. The van der Waals surface area contributed by atoms with Gasteiger partial charge in [-0.25, -0.2) is 19.0 Å². The van der Waals surface area contributed by atoms with Crippen LogP contribution in [-0.4, -0.2) is 81.7 Å². The summed E-state index contributed by atoms with van der Waals surface area (Å²) in [6.45, 7) is 4.70. The van der Waals surface area contributed by atoms with Crippen LogP contribution in [0.1, 0.15) is 148 Å². The van der Waals surface area contributed by atoms with E-state index in [-0.39, 0.29) is 62.1 Å². The molecule has 0 radical (unpaired) electrons. The first-order chi connectivity index (χ1) is 30.4. The quantitative estimate of drug-likeness (QED) is 0.0327. The topological polar surface area (TPSA) is 216 Å². The number of benzene rings is 1. The molecule has 1 amide bonds. The number of nitrogens with one attached hydrogen (secondary N) is 2. The monoisotopic (exact) mass is 885 g/mol. The number of aromatic amines is 1. The first-order valence-corrected chi connectivity index (χ1v) is 22.9. The maximum Gasteiger partial charge on any atom is 0.408 e. The lowest BCUT2D eigenvalue weighted by Crippen LogP contribution is -2.46. The SMILES string of the molecule is CCCCCCCCCCCCCCCCCC(=O)OCC(COC(=O)[C@@H](NC(=O)OCc1ccccc1)C(C)C)CC(=O)OC[C@H]1O[C@@H](n2cnc3c(=O)[nH]c(N)nc32)C[C@@H]1F. The first-order valence-electron chi connectivity index (χ1n) is 22.9. The Balaban J connectivity index is 1.22. The van der Waals surface area contributed by atoms with Gasteiger partial charge in [-0.05, 0) is 17.9 Å². The highest BCUT2D eigenvalue weighted by Crippen LogP contribution is 2.32. The summed E-state index contributed by atoms with van der Waals surface area (Å²) < 4.78 is 44.2. The number of hydrogen-bond acceptors (Lipinski definition) is 13. The number of anilines is 1. The molecule has 16 nitrogen and oxygen atoms in total. The van der Waals surface area contributed by atoms with E-state index in [1.54, 1.807) is 26.0 Å². The van der Waals surface area contributed by atoms with Crippen molar-refractivity contribution >= 4 is 41.1 Å². The van der Waals surface area contributed by atoms with Crippen LogP contribution >= 0.6 is 0 Å². The van der Waals surface area contributed by atoms with Crippen molar-refractivity contribution in [3.63, 3.8) is 0 Å². The van der Waals surface area contributed by atoms with Gasteiger partial charge in [0.15, 0.2) is 11.2 Å². The molecule has 5 atom stereocenters. The lowest BCUT2D eigenvalue weighted by molar-refractivity contribution is -0.158. The Morgan fingerprint density at radius 3 is 2.13 bits per heavy atom. The smallest absolute Gasteiger partial charge is 0.408 e. The van der Waals surface area contributed by atoms with E-state index in [1.165, 1.54) is 81.5 Å². The molecule has 1 saturated heterocycles. The number of hydrogen-bond donors (Lipinski definition) is 3. The van der Waals surface area contributed by atoms with Crippen LogP contribution in [0.15, 0.2) is 41.5 Å². The standard InChI is InChI=1S/C46H69FN6O10/c1-4-5-6-7-8-9-10-11-12-13-14-15-16-17-21-24-38(54)59-28-34(29-61-44(57)40(32(2)3)50-46(58)62-27-33-22-19-18-20-23-33)25-39(55)60-30-36-35(47)26-37(63-36)53-31-49-41-42(53)51-45(48)52-43(41)56/h18-20,22-23,31-32,34-37,40H,4-17,21,24-30H2,1-3H3,(H,50,58)(H3,48,51,52,56)/t34?,35-,36+,37+,40-/m0/s1. The van der Waals surface area contributed by atoms with Crippen LogP contribution in [0.3, 0.4) is 0 Å². The van der Waals surface area contributed by atoms with Crippen LogP contribution < -0.4 is 16.6 Å². The van der Waals surface area contributed by atoms with E-state index in [2.05, 4.69) is 27.2 Å². The molecule has 0 saturated carbocycles. The Kier molecular flexibility index (Phi) is 22.4. The number of unbranched alkanes of at least 4 members (excludes halogenated alkanes) is 14. The third-order valence-corrected chi connectivity index (χ3v) is 11.1. The van der Waals surface area contributed by atoms with Crippen LogP contribution in [-0.2, 0) is 44.7 Å². The van der Waals surface area contributed by atoms with Crippen LogP contribution in [0.25, 0.3) is 11.2 Å². The molecule has 2 aromatic heterocycles. The molecule has 0 spiro atoms. The van der Waals surface area contributed by atoms with Gasteiger partial charge in [-0.3, -0.25) is 23.9 Å². The number of aromatic nitrogens is 4. The van der Waals surface area contributed by atoms with E-state index in [1.807, 2.05) is 18.2 Å². The second-order valence-electron chi connectivity index (χ2n) is 16.8.